The van der Waals surface area contributed by atoms with Gasteiger partial charge in [0.1, 0.15) is 17.3 Å². The smallest absolute Gasteiger partial charge is 0.365 e. The van der Waals surface area contributed by atoms with Crippen molar-refractivity contribution in [2.45, 2.75) is 6.42 Å². The summed E-state index contributed by atoms with van der Waals surface area (Å²) in [5.74, 6) is 0.944. The van der Waals surface area contributed by atoms with Crippen LogP contribution in [0.3, 0.4) is 0 Å². The van der Waals surface area contributed by atoms with Gasteiger partial charge in [0.25, 0.3) is 0 Å². The van der Waals surface area contributed by atoms with E-state index in [-0.39, 0.29) is 5.84 Å². The molecule has 0 amide bonds. The van der Waals surface area contributed by atoms with E-state index in [2.05, 4.69) is 5.16 Å². The number of nitrogens with zero attached hydrogens (tertiary/aromatic N) is 1. The molecule has 0 aliphatic carbocycles. The molecule has 0 atom stereocenters. The Balaban J connectivity index is 1.99. The van der Waals surface area contributed by atoms with Crippen molar-refractivity contribution in [3.8, 4) is 11.5 Å². The van der Waals surface area contributed by atoms with E-state index in [1.165, 1.54) is 0 Å². The number of carbonyl (C=O) groups excluding carboxylic acids is 1. The van der Waals surface area contributed by atoms with E-state index in [1.54, 1.807) is 38.5 Å². The molecule has 0 aliphatic rings. The summed E-state index contributed by atoms with van der Waals surface area (Å²) in [6.07, 6.45) is 0.319. The number of benzene rings is 2. The second-order valence-electron chi connectivity index (χ2n) is 4.68. The molecule has 0 saturated carbocycles. The van der Waals surface area contributed by atoms with Crippen molar-refractivity contribution in [1.82, 2.24) is 0 Å². The van der Waals surface area contributed by atoms with Crippen molar-refractivity contribution in [2.24, 2.45) is 10.9 Å². The molecule has 2 N–H and O–H groups in total. The topological polar surface area (TPSA) is 83.1 Å². The van der Waals surface area contributed by atoms with Crippen LogP contribution < -0.4 is 15.2 Å². The maximum atomic E-state index is 11.9. The molecule has 2 rings (SSSR count). The Labute approximate surface area is 134 Å². The van der Waals surface area contributed by atoms with E-state index in [9.17, 15) is 4.79 Å². The van der Waals surface area contributed by atoms with Crippen LogP contribution in [-0.4, -0.2) is 26.0 Å². The number of oxime groups is 1. The monoisotopic (exact) mass is 314 g/mol. The van der Waals surface area contributed by atoms with Gasteiger partial charge in [-0.1, -0.05) is 23.4 Å². The lowest BCUT2D eigenvalue weighted by Crippen LogP contribution is -2.17. The van der Waals surface area contributed by atoms with Gasteiger partial charge in [-0.25, -0.2) is 4.79 Å². The van der Waals surface area contributed by atoms with Crippen LogP contribution in [0.1, 0.15) is 15.9 Å². The zero-order chi connectivity index (χ0) is 16.7. The first-order chi connectivity index (χ1) is 11.1. The summed E-state index contributed by atoms with van der Waals surface area (Å²) in [7, 11) is 3.13. The summed E-state index contributed by atoms with van der Waals surface area (Å²) >= 11 is 0. The number of rotatable bonds is 6. The minimum absolute atomic E-state index is 0.177. The van der Waals surface area contributed by atoms with Crippen LogP contribution in [-0.2, 0) is 11.3 Å². The molecule has 6 nitrogen and oxygen atoms in total. The van der Waals surface area contributed by atoms with Gasteiger partial charge >= 0.3 is 5.97 Å². The van der Waals surface area contributed by atoms with Crippen molar-refractivity contribution in [3.63, 3.8) is 0 Å². The fourth-order valence-corrected chi connectivity index (χ4v) is 1.96. The van der Waals surface area contributed by atoms with E-state index < -0.39 is 5.97 Å². The third-order valence-electron chi connectivity index (χ3n) is 3.14. The van der Waals surface area contributed by atoms with Gasteiger partial charge in [0, 0.05) is 12.0 Å². The highest BCUT2D eigenvalue weighted by atomic mass is 16.7. The molecule has 0 radical (unpaired) electrons. The molecule has 0 heterocycles. The molecule has 0 spiro atoms. The van der Waals surface area contributed by atoms with Crippen LogP contribution in [0.4, 0.5) is 0 Å². The lowest BCUT2D eigenvalue weighted by atomic mass is 10.1. The first-order valence-corrected chi connectivity index (χ1v) is 6.93. The molecular formula is C17H18N2O4. The van der Waals surface area contributed by atoms with Crippen LogP contribution in [0, 0.1) is 0 Å². The number of hydrogen-bond donors (Lipinski definition) is 1. The van der Waals surface area contributed by atoms with Gasteiger partial charge in [0.15, 0.2) is 0 Å². The normalized spacial score (nSPS) is 11.0. The Morgan fingerprint density at radius 1 is 1.04 bits per heavy atom. The fourth-order valence-electron chi connectivity index (χ4n) is 1.96. The van der Waals surface area contributed by atoms with Crippen LogP contribution in [0.5, 0.6) is 11.5 Å². The summed E-state index contributed by atoms with van der Waals surface area (Å²) in [6, 6.07) is 13.9. The van der Waals surface area contributed by atoms with Crippen molar-refractivity contribution in [3.05, 3.63) is 59.7 Å². The number of nitrogens with two attached hydrogens (primary N) is 1. The fraction of sp³-hybridized carbons (Fsp3) is 0.176. The van der Waals surface area contributed by atoms with E-state index in [0.29, 0.717) is 23.5 Å². The van der Waals surface area contributed by atoms with E-state index in [4.69, 9.17) is 20.0 Å². The first-order valence-electron chi connectivity index (χ1n) is 6.93. The van der Waals surface area contributed by atoms with Gasteiger partial charge in [-0.2, -0.15) is 0 Å². The molecule has 2 aromatic carbocycles. The minimum Gasteiger partial charge on any atom is -0.497 e. The van der Waals surface area contributed by atoms with E-state index >= 15 is 0 Å². The highest BCUT2D eigenvalue weighted by molar-refractivity contribution is 5.90. The van der Waals surface area contributed by atoms with Gasteiger partial charge in [0.05, 0.1) is 19.8 Å². The van der Waals surface area contributed by atoms with Crippen LogP contribution >= 0.6 is 0 Å². The number of amidine groups is 1. The van der Waals surface area contributed by atoms with E-state index in [1.807, 2.05) is 24.3 Å². The summed E-state index contributed by atoms with van der Waals surface area (Å²) in [5, 5.41) is 3.67. The number of ether oxygens (including phenoxy) is 2. The largest absolute Gasteiger partial charge is 0.497 e. The Bertz CT molecular complexity index is 696. The number of carbonyl (C=O) groups is 1. The molecule has 6 heteroatoms. The molecule has 0 fully saturated rings. The zero-order valence-corrected chi connectivity index (χ0v) is 13.0. The van der Waals surface area contributed by atoms with Crippen LogP contribution in [0.2, 0.25) is 0 Å². The lowest BCUT2D eigenvalue weighted by Gasteiger charge is -2.07. The second-order valence-corrected chi connectivity index (χ2v) is 4.68. The molecule has 0 aliphatic heterocycles. The molecule has 120 valence electrons. The highest BCUT2D eigenvalue weighted by Crippen LogP contribution is 2.17. The highest BCUT2D eigenvalue weighted by Gasteiger charge is 2.09. The summed E-state index contributed by atoms with van der Waals surface area (Å²) in [5.41, 5.74) is 7.02. The number of hydrogen-bond acceptors (Lipinski definition) is 5. The maximum Gasteiger partial charge on any atom is 0.365 e. The van der Waals surface area contributed by atoms with Gasteiger partial charge < -0.3 is 20.0 Å². The molecule has 23 heavy (non-hydrogen) atoms. The Hall–Kier alpha value is -3.02. The van der Waals surface area contributed by atoms with Gasteiger partial charge in [0.2, 0.25) is 0 Å². The summed E-state index contributed by atoms with van der Waals surface area (Å²) < 4.78 is 10.3. The van der Waals surface area contributed by atoms with Crippen LogP contribution in [0.15, 0.2) is 53.7 Å². The minimum atomic E-state index is -0.587. The predicted octanol–water partition coefficient (Wildman–Crippen LogP) is 2.38. The quantitative estimate of drug-likeness (QED) is 0.383. The van der Waals surface area contributed by atoms with Gasteiger partial charge in [-0.05, 0) is 30.3 Å². The summed E-state index contributed by atoms with van der Waals surface area (Å²) in [4.78, 5) is 16.7. The summed E-state index contributed by atoms with van der Waals surface area (Å²) in [6.45, 7) is 0. The number of para-hydroxylation sites is 1. The average Bonchev–Trinajstić information content (AvgIpc) is 2.60. The second kappa shape index (κ2) is 7.84. The Morgan fingerprint density at radius 3 is 2.39 bits per heavy atom. The Kier molecular flexibility index (Phi) is 5.57. The molecule has 0 saturated heterocycles. The van der Waals surface area contributed by atoms with Crippen molar-refractivity contribution >= 4 is 11.8 Å². The predicted molar refractivity (Wildman–Crippen MR) is 86.7 cm³/mol. The van der Waals surface area contributed by atoms with Gasteiger partial charge in [-0.3, -0.25) is 0 Å². The first kappa shape index (κ1) is 16.4. The zero-order valence-electron chi connectivity index (χ0n) is 13.0. The molecular weight excluding hydrogens is 296 g/mol. The maximum absolute atomic E-state index is 11.9. The standard InChI is InChI=1S/C17H18N2O4/c1-21-14-9-7-12(8-10-14)17(20)23-19-16(18)11-13-5-3-4-6-15(13)22-2/h3-10H,11H2,1-2H3,(H2,18,19). The van der Waals surface area contributed by atoms with Crippen molar-refractivity contribution < 1.29 is 19.1 Å². The third kappa shape index (κ3) is 4.47. The Morgan fingerprint density at radius 2 is 1.74 bits per heavy atom. The number of methoxy groups -OCH3 is 2. The van der Waals surface area contributed by atoms with Crippen molar-refractivity contribution in [2.75, 3.05) is 14.2 Å². The van der Waals surface area contributed by atoms with Crippen LogP contribution in [0.25, 0.3) is 0 Å². The molecule has 0 aromatic heterocycles. The SMILES string of the molecule is COc1ccc(C(=O)O/N=C(\N)Cc2ccccc2OC)cc1. The van der Waals surface area contributed by atoms with E-state index in [0.717, 1.165) is 5.56 Å². The molecule has 2 aromatic rings. The average molecular weight is 314 g/mol. The van der Waals surface area contributed by atoms with Crippen molar-refractivity contribution in [1.29, 1.82) is 0 Å². The van der Waals surface area contributed by atoms with Gasteiger partial charge in [-0.15, -0.1) is 0 Å². The lowest BCUT2D eigenvalue weighted by molar-refractivity contribution is 0.0515. The molecule has 0 bridgehead atoms. The molecule has 0 unspecified atom stereocenters. The third-order valence-corrected chi connectivity index (χ3v) is 3.14.